The molecule has 1 fully saturated rings. The zero-order chi connectivity index (χ0) is 27.9. The molecule has 0 radical (unpaired) electrons. The molecule has 2 aromatic rings. The summed E-state index contributed by atoms with van der Waals surface area (Å²) in [5.41, 5.74) is 1.31. The van der Waals surface area contributed by atoms with E-state index in [0.717, 1.165) is 17.7 Å². The van der Waals surface area contributed by atoms with Crippen molar-refractivity contribution in [2.75, 3.05) is 7.11 Å². The zero-order valence-corrected chi connectivity index (χ0v) is 22.9. The number of esters is 1. The van der Waals surface area contributed by atoms with Crippen LogP contribution in [0.25, 0.3) is 0 Å². The third-order valence-electron chi connectivity index (χ3n) is 5.88. The van der Waals surface area contributed by atoms with E-state index in [1.54, 1.807) is 58.9 Å². The summed E-state index contributed by atoms with van der Waals surface area (Å²) in [5, 5.41) is 8.81. The average molecular weight is 520 g/mol. The number of carbonyl (C=O) groups excluding carboxylic acids is 3. The number of amides is 2. The molecule has 3 N–H and O–H groups in total. The van der Waals surface area contributed by atoms with Crippen LogP contribution in [0.1, 0.15) is 74.5 Å². The molecule has 38 heavy (non-hydrogen) atoms. The predicted octanol–water partition coefficient (Wildman–Crippen LogP) is 3.91. The van der Waals surface area contributed by atoms with E-state index in [2.05, 4.69) is 39.9 Å². The second-order valence-corrected chi connectivity index (χ2v) is 11.0. The van der Waals surface area contributed by atoms with Gasteiger partial charge in [0.2, 0.25) is 0 Å². The second-order valence-electron chi connectivity index (χ2n) is 11.0. The fraction of sp³-hybridized carbons (Fsp3) is 0.433. The van der Waals surface area contributed by atoms with E-state index in [1.807, 2.05) is 12.1 Å². The highest BCUT2D eigenvalue weighted by molar-refractivity contribution is 5.97. The fourth-order valence-corrected chi connectivity index (χ4v) is 3.61. The van der Waals surface area contributed by atoms with Crippen molar-refractivity contribution in [3.8, 4) is 11.8 Å². The van der Waals surface area contributed by atoms with E-state index >= 15 is 0 Å². The summed E-state index contributed by atoms with van der Waals surface area (Å²) < 4.78 is 10.2. The Bertz CT molecular complexity index is 1200. The van der Waals surface area contributed by atoms with Crippen LogP contribution in [0, 0.1) is 11.8 Å². The van der Waals surface area contributed by atoms with E-state index < -0.39 is 35.2 Å². The highest BCUT2D eigenvalue weighted by atomic mass is 16.6. The highest BCUT2D eigenvalue weighted by Crippen LogP contribution is 2.19. The first kappa shape index (κ1) is 28.7. The molecular formula is C30H37N3O5. The van der Waals surface area contributed by atoms with Gasteiger partial charge in [-0.2, -0.15) is 0 Å². The quantitative estimate of drug-likeness (QED) is 0.361. The van der Waals surface area contributed by atoms with E-state index in [4.69, 9.17) is 9.47 Å². The molecular weight excluding hydrogens is 482 g/mol. The van der Waals surface area contributed by atoms with Gasteiger partial charge in [-0.1, -0.05) is 24.0 Å². The monoisotopic (exact) mass is 519 g/mol. The molecule has 8 nitrogen and oxygen atoms in total. The number of hydrogen-bond donors (Lipinski definition) is 3. The van der Waals surface area contributed by atoms with Gasteiger partial charge in [0.1, 0.15) is 11.6 Å². The topological polar surface area (TPSA) is 106 Å². The Balaban J connectivity index is 1.63. The summed E-state index contributed by atoms with van der Waals surface area (Å²) in [5.74, 6) is 5.06. The lowest BCUT2D eigenvalue weighted by molar-refractivity contribution is -0.144. The highest BCUT2D eigenvalue weighted by Gasteiger charge is 2.39. The van der Waals surface area contributed by atoms with Crippen LogP contribution in [0.15, 0.2) is 48.5 Å². The molecule has 8 heteroatoms. The summed E-state index contributed by atoms with van der Waals surface area (Å²) >= 11 is 0. The Hall–Kier alpha value is -3.83. The minimum Gasteiger partial charge on any atom is -0.467 e. The number of carbonyl (C=O) groups is 3. The van der Waals surface area contributed by atoms with Crippen LogP contribution in [0.2, 0.25) is 0 Å². The van der Waals surface area contributed by atoms with Crippen molar-refractivity contribution < 1.29 is 23.9 Å². The van der Waals surface area contributed by atoms with Crippen molar-refractivity contribution in [2.24, 2.45) is 0 Å². The minimum atomic E-state index is -1.19. The van der Waals surface area contributed by atoms with Crippen molar-refractivity contribution in [1.29, 1.82) is 0 Å². The van der Waals surface area contributed by atoms with Crippen molar-refractivity contribution in [3.05, 3.63) is 70.8 Å². The first-order chi connectivity index (χ1) is 17.9. The Kier molecular flexibility index (Phi) is 9.18. The molecule has 0 heterocycles. The van der Waals surface area contributed by atoms with E-state index in [9.17, 15) is 14.4 Å². The number of rotatable bonds is 8. The molecule has 1 saturated carbocycles. The van der Waals surface area contributed by atoms with E-state index in [1.165, 1.54) is 25.5 Å². The predicted molar refractivity (Wildman–Crippen MR) is 145 cm³/mol. The molecule has 1 aliphatic carbocycles. The zero-order valence-electron chi connectivity index (χ0n) is 22.9. The third-order valence-corrected chi connectivity index (χ3v) is 5.88. The minimum absolute atomic E-state index is 0.338. The molecule has 0 unspecified atom stereocenters. The summed E-state index contributed by atoms with van der Waals surface area (Å²) in [6.07, 6.45) is 1.82. The van der Waals surface area contributed by atoms with Crippen LogP contribution in [-0.2, 0) is 20.8 Å². The van der Waals surface area contributed by atoms with Crippen LogP contribution in [0.5, 0.6) is 0 Å². The summed E-state index contributed by atoms with van der Waals surface area (Å²) in [4.78, 5) is 37.8. The molecule has 2 amide bonds. The average Bonchev–Trinajstić information content (AvgIpc) is 3.68. The lowest BCUT2D eigenvalue weighted by Gasteiger charge is -2.34. The largest absolute Gasteiger partial charge is 0.467 e. The maximum absolute atomic E-state index is 13.0. The Labute approximate surface area is 224 Å². The van der Waals surface area contributed by atoms with Crippen LogP contribution in [0.4, 0.5) is 4.79 Å². The van der Waals surface area contributed by atoms with Gasteiger partial charge in [-0.3, -0.25) is 4.79 Å². The van der Waals surface area contributed by atoms with Gasteiger partial charge in [0.15, 0.2) is 0 Å². The van der Waals surface area contributed by atoms with Gasteiger partial charge in [0, 0.05) is 29.3 Å². The van der Waals surface area contributed by atoms with Gasteiger partial charge in [0.25, 0.3) is 5.91 Å². The molecule has 0 bridgehead atoms. The standard InChI is InChI=1S/C30H37N3O5/c1-29(2,3)38-28(36)33-30(4,5)25(27(35)37-6)32-26(34)23-15-13-21(14-16-23)8-7-20-9-11-22(12-10-20)19-31-24-17-18-24/h9-16,24-25,31H,17-19H2,1-6H3,(H,32,34)(H,33,36)/t25-/m1/s1. The van der Waals surface area contributed by atoms with Crippen LogP contribution >= 0.6 is 0 Å². The van der Waals surface area contributed by atoms with Gasteiger partial charge in [-0.15, -0.1) is 0 Å². The van der Waals surface area contributed by atoms with Gasteiger partial charge in [-0.05, 0) is 89.4 Å². The molecule has 202 valence electrons. The normalized spacial score (nSPS) is 13.9. The van der Waals surface area contributed by atoms with Crippen molar-refractivity contribution >= 4 is 18.0 Å². The lowest BCUT2D eigenvalue weighted by Crippen LogP contribution is -2.62. The third kappa shape index (κ3) is 8.93. The van der Waals surface area contributed by atoms with Crippen LogP contribution in [-0.4, -0.2) is 48.3 Å². The maximum Gasteiger partial charge on any atom is 0.408 e. The second kappa shape index (κ2) is 12.1. The summed E-state index contributed by atoms with van der Waals surface area (Å²) in [7, 11) is 1.22. The van der Waals surface area contributed by atoms with Crippen LogP contribution in [0.3, 0.4) is 0 Å². The first-order valence-corrected chi connectivity index (χ1v) is 12.7. The number of nitrogens with one attached hydrogen (secondary N) is 3. The Morgan fingerprint density at radius 3 is 1.97 bits per heavy atom. The number of ether oxygens (including phenoxy) is 2. The van der Waals surface area contributed by atoms with Gasteiger partial charge in [-0.25, -0.2) is 9.59 Å². The molecule has 2 aromatic carbocycles. The van der Waals surface area contributed by atoms with Gasteiger partial charge >= 0.3 is 12.1 Å². The number of benzene rings is 2. The van der Waals surface area contributed by atoms with Crippen molar-refractivity contribution in [2.45, 2.75) is 77.2 Å². The molecule has 0 aliphatic heterocycles. The molecule has 3 rings (SSSR count). The Morgan fingerprint density at radius 2 is 1.47 bits per heavy atom. The van der Waals surface area contributed by atoms with Crippen molar-refractivity contribution in [1.82, 2.24) is 16.0 Å². The van der Waals surface area contributed by atoms with Crippen molar-refractivity contribution in [3.63, 3.8) is 0 Å². The Morgan fingerprint density at radius 1 is 0.921 bits per heavy atom. The molecule has 1 atom stereocenters. The van der Waals surface area contributed by atoms with Crippen LogP contribution < -0.4 is 16.0 Å². The van der Waals surface area contributed by atoms with E-state index in [-0.39, 0.29) is 0 Å². The molecule has 0 aromatic heterocycles. The molecule has 0 saturated heterocycles. The fourth-order valence-electron chi connectivity index (χ4n) is 3.61. The van der Waals surface area contributed by atoms with E-state index in [0.29, 0.717) is 11.6 Å². The summed E-state index contributed by atoms with van der Waals surface area (Å²) in [6, 6.07) is 14.4. The summed E-state index contributed by atoms with van der Waals surface area (Å²) in [6.45, 7) is 9.28. The number of alkyl carbamates (subject to hydrolysis) is 1. The number of methoxy groups -OCH3 is 1. The first-order valence-electron chi connectivity index (χ1n) is 12.7. The van der Waals surface area contributed by atoms with Gasteiger partial charge < -0.3 is 25.4 Å². The lowest BCUT2D eigenvalue weighted by atomic mass is 9.94. The molecule has 0 spiro atoms. The maximum atomic E-state index is 13.0. The number of hydrogen-bond acceptors (Lipinski definition) is 6. The SMILES string of the molecule is COC(=O)[C@@H](NC(=O)c1ccc(C#Cc2ccc(CNC3CC3)cc2)cc1)C(C)(C)NC(=O)OC(C)(C)C. The molecule has 1 aliphatic rings. The smallest absolute Gasteiger partial charge is 0.408 e. The van der Waals surface area contributed by atoms with Gasteiger partial charge in [0.05, 0.1) is 12.6 Å².